The molecule has 1 aliphatic heterocycles. The Labute approximate surface area is 182 Å². The van der Waals surface area contributed by atoms with Crippen LogP contribution in [0.3, 0.4) is 0 Å². The van der Waals surface area contributed by atoms with E-state index in [4.69, 9.17) is 4.74 Å². The number of ether oxygens (including phenoxy) is 1. The van der Waals surface area contributed by atoms with Gasteiger partial charge >= 0.3 is 0 Å². The molecule has 1 unspecified atom stereocenters. The molecule has 0 N–H and O–H groups in total. The first-order chi connectivity index (χ1) is 15.1. The van der Waals surface area contributed by atoms with E-state index in [0.717, 1.165) is 31.4 Å². The Morgan fingerprint density at radius 3 is 2.74 bits per heavy atom. The van der Waals surface area contributed by atoms with Gasteiger partial charge in [-0.15, -0.1) is 0 Å². The highest BCUT2D eigenvalue weighted by Crippen LogP contribution is 2.25. The summed E-state index contributed by atoms with van der Waals surface area (Å²) in [4.78, 5) is 33.9. The van der Waals surface area contributed by atoms with Crippen LogP contribution in [0.2, 0.25) is 0 Å². The van der Waals surface area contributed by atoms with Crippen LogP contribution in [0.5, 0.6) is 0 Å². The van der Waals surface area contributed by atoms with Crippen molar-refractivity contribution in [3.05, 3.63) is 65.4 Å². The van der Waals surface area contributed by atoms with Gasteiger partial charge < -0.3 is 19.7 Å². The summed E-state index contributed by atoms with van der Waals surface area (Å²) in [7, 11) is 0. The van der Waals surface area contributed by atoms with Crippen molar-refractivity contribution < 1.29 is 19.1 Å². The molecule has 2 aromatic rings. The van der Waals surface area contributed by atoms with Crippen molar-refractivity contribution >= 4 is 11.8 Å². The van der Waals surface area contributed by atoms with Gasteiger partial charge in [-0.2, -0.15) is 4.73 Å². The molecule has 3 heterocycles. The molecule has 31 heavy (non-hydrogen) atoms. The van der Waals surface area contributed by atoms with E-state index in [2.05, 4.69) is 4.98 Å². The summed E-state index contributed by atoms with van der Waals surface area (Å²) >= 11 is 0. The maximum Gasteiger partial charge on any atom is 0.260 e. The summed E-state index contributed by atoms with van der Waals surface area (Å²) in [6.45, 7) is 1.05. The van der Waals surface area contributed by atoms with E-state index in [-0.39, 0.29) is 42.6 Å². The van der Waals surface area contributed by atoms with Crippen LogP contribution in [0.4, 0.5) is 0 Å². The van der Waals surface area contributed by atoms with E-state index < -0.39 is 0 Å². The molecule has 4 rings (SSSR count). The molecule has 1 aliphatic carbocycles. The van der Waals surface area contributed by atoms with Crippen LogP contribution in [-0.4, -0.2) is 58.4 Å². The molecule has 2 aromatic heterocycles. The first-order valence-corrected chi connectivity index (χ1v) is 10.9. The molecule has 0 bridgehead atoms. The van der Waals surface area contributed by atoms with E-state index in [1.165, 1.54) is 29.8 Å². The quantitative estimate of drug-likeness (QED) is 0.540. The van der Waals surface area contributed by atoms with Gasteiger partial charge in [0.15, 0.2) is 12.4 Å². The smallest absolute Gasteiger partial charge is 0.260 e. The Bertz CT molecular complexity index is 901. The monoisotopic (exact) mass is 424 g/mol. The fourth-order valence-corrected chi connectivity index (χ4v) is 4.40. The Balaban J connectivity index is 1.53. The van der Waals surface area contributed by atoms with Crippen LogP contribution in [0, 0.1) is 5.21 Å². The molecule has 2 amide bonds. The van der Waals surface area contributed by atoms with E-state index >= 15 is 0 Å². The van der Waals surface area contributed by atoms with Gasteiger partial charge in [-0.1, -0.05) is 25.3 Å². The lowest BCUT2D eigenvalue weighted by Gasteiger charge is -2.34. The summed E-state index contributed by atoms with van der Waals surface area (Å²) in [6.07, 6.45) is 9.35. The molecule has 2 fully saturated rings. The molecule has 8 heteroatoms. The lowest BCUT2D eigenvalue weighted by atomic mass is 9.94. The van der Waals surface area contributed by atoms with Crippen molar-refractivity contribution in [2.45, 2.75) is 50.9 Å². The minimum absolute atomic E-state index is 0.00741. The van der Waals surface area contributed by atoms with Crippen molar-refractivity contribution in [3.63, 3.8) is 0 Å². The lowest BCUT2D eigenvalue weighted by Crippen LogP contribution is -2.46. The highest BCUT2D eigenvalue weighted by Gasteiger charge is 2.35. The van der Waals surface area contributed by atoms with E-state index in [9.17, 15) is 14.8 Å². The van der Waals surface area contributed by atoms with Gasteiger partial charge in [-0.25, -0.2) is 0 Å². The highest BCUT2D eigenvalue weighted by atomic mass is 16.5. The second-order valence-corrected chi connectivity index (χ2v) is 8.23. The standard InChI is InChI=1S/C23H28N4O4/c28-22-16-25(23(29)18-7-6-12-26(30)13-18)14-21(31-17-19-8-4-5-11-24-19)15-27(22)20-9-2-1-3-10-20/h4-8,11-13,20-21H,1-3,9-10,14-17H2. The molecule has 8 nitrogen and oxygen atoms in total. The average molecular weight is 425 g/mol. The van der Waals surface area contributed by atoms with E-state index in [1.54, 1.807) is 12.3 Å². The second-order valence-electron chi connectivity index (χ2n) is 8.23. The Hall–Kier alpha value is -3.00. The number of carbonyl (C=O) groups excluding carboxylic acids is 2. The molecule has 2 aliphatic rings. The minimum Gasteiger partial charge on any atom is -0.619 e. The van der Waals surface area contributed by atoms with Crippen molar-refractivity contribution in [2.75, 3.05) is 19.6 Å². The number of hydrogen-bond donors (Lipinski definition) is 0. The molecule has 1 saturated heterocycles. The number of amides is 2. The summed E-state index contributed by atoms with van der Waals surface area (Å²) in [5.41, 5.74) is 1.07. The van der Waals surface area contributed by atoms with Gasteiger partial charge in [0, 0.05) is 31.4 Å². The molecule has 0 aromatic carbocycles. The molecule has 0 spiro atoms. The number of hydrogen-bond acceptors (Lipinski definition) is 5. The number of aromatic nitrogens is 2. The van der Waals surface area contributed by atoms with E-state index in [0.29, 0.717) is 17.9 Å². The SMILES string of the molecule is O=C(c1ccc[n+]([O-])c1)N1CC(=O)N(C2CCCCC2)CC(OCc2ccccn2)C1. The van der Waals surface area contributed by atoms with Crippen LogP contribution in [0.1, 0.15) is 48.2 Å². The lowest BCUT2D eigenvalue weighted by molar-refractivity contribution is -0.605. The third-order valence-electron chi connectivity index (χ3n) is 5.99. The van der Waals surface area contributed by atoms with Crippen LogP contribution in [-0.2, 0) is 16.1 Å². The van der Waals surface area contributed by atoms with Gasteiger partial charge in [0.05, 0.1) is 18.4 Å². The second kappa shape index (κ2) is 9.87. The zero-order chi connectivity index (χ0) is 21.6. The molecule has 164 valence electrons. The maximum absolute atomic E-state index is 13.1. The van der Waals surface area contributed by atoms with Gasteiger partial charge in [-0.05, 0) is 31.0 Å². The Kier molecular flexibility index (Phi) is 6.76. The summed E-state index contributed by atoms with van der Waals surface area (Å²) < 4.78 is 6.73. The normalized spacial score (nSPS) is 20.5. The van der Waals surface area contributed by atoms with Crippen molar-refractivity contribution in [2.24, 2.45) is 0 Å². The maximum atomic E-state index is 13.1. The van der Waals surface area contributed by atoms with Crippen LogP contribution >= 0.6 is 0 Å². The molecular weight excluding hydrogens is 396 g/mol. The fraction of sp³-hybridized carbons (Fsp3) is 0.478. The first kappa shape index (κ1) is 21.2. The zero-order valence-corrected chi connectivity index (χ0v) is 17.6. The Morgan fingerprint density at radius 1 is 1.16 bits per heavy atom. The van der Waals surface area contributed by atoms with Crippen molar-refractivity contribution in [3.8, 4) is 0 Å². The summed E-state index contributed by atoms with van der Waals surface area (Å²) in [5.74, 6) is -0.398. The Morgan fingerprint density at radius 2 is 2.00 bits per heavy atom. The van der Waals surface area contributed by atoms with E-state index in [1.807, 2.05) is 23.1 Å². The van der Waals surface area contributed by atoms with Gasteiger partial charge in [0.2, 0.25) is 5.91 Å². The molecule has 0 radical (unpaired) electrons. The topological polar surface area (TPSA) is 89.7 Å². The first-order valence-electron chi connectivity index (χ1n) is 10.9. The van der Waals surface area contributed by atoms with Gasteiger partial charge in [-0.3, -0.25) is 14.6 Å². The molecule has 1 saturated carbocycles. The van der Waals surface area contributed by atoms with Gasteiger partial charge in [0.1, 0.15) is 12.1 Å². The van der Waals surface area contributed by atoms with Crippen LogP contribution < -0.4 is 4.73 Å². The van der Waals surface area contributed by atoms with Crippen LogP contribution in [0.25, 0.3) is 0 Å². The predicted molar refractivity (Wildman–Crippen MR) is 113 cm³/mol. The number of rotatable bonds is 5. The van der Waals surface area contributed by atoms with Crippen molar-refractivity contribution in [1.82, 2.24) is 14.8 Å². The largest absolute Gasteiger partial charge is 0.619 e. The third-order valence-corrected chi connectivity index (χ3v) is 5.99. The zero-order valence-electron chi connectivity index (χ0n) is 17.6. The number of carbonyl (C=O) groups is 2. The summed E-state index contributed by atoms with van der Waals surface area (Å²) in [5, 5.41) is 11.6. The van der Waals surface area contributed by atoms with Crippen molar-refractivity contribution in [1.29, 1.82) is 0 Å². The number of pyridine rings is 2. The number of nitrogens with zero attached hydrogens (tertiary/aromatic N) is 4. The third kappa shape index (κ3) is 5.38. The highest BCUT2D eigenvalue weighted by molar-refractivity contribution is 5.96. The minimum atomic E-state index is -0.338. The molecule has 1 atom stereocenters. The molecular formula is C23H28N4O4. The fourth-order valence-electron chi connectivity index (χ4n) is 4.40. The van der Waals surface area contributed by atoms with Gasteiger partial charge in [0.25, 0.3) is 5.91 Å². The average Bonchev–Trinajstić information content (AvgIpc) is 2.97. The summed E-state index contributed by atoms with van der Waals surface area (Å²) in [6, 6.07) is 8.96. The van der Waals surface area contributed by atoms with Crippen LogP contribution in [0.15, 0.2) is 48.9 Å². The predicted octanol–water partition coefficient (Wildman–Crippen LogP) is 1.92.